The number of likely N-dealkylation sites (tertiary alicyclic amines) is 1. The van der Waals surface area contributed by atoms with Crippen molar-refractivity contribution < 1.29 is 22.7 Å². The summed E-state index contributed by atoms with van der Waals surface area (Å²) < 4.78 is 49.2. The Balaban J connectivity index is 1.46. The highest BCUT2D eigenvalue weighted by Gasteiger charge is 2.43. The molecule has 2 saturated heterocycles. The summed E-state index contributed by atoms with van der Waals surface area (Å²) in [6.07, 6.45) is 2.92. The number of carbonyl (C=O) groups is 1. The molecule has 13 heteroatoms. The quantitative estimate of drug-likeness (QED) is 0.286. The van der Waals surface area contributed by atoms with Crippen molar-refractivity contribution in [3.63, 3.8) is 0 Å². The smallest absolute Gasteiger partial charge is 0.319 e. The van der Waals surface area contributed by atoms with Gasteiger partial charge in [0.05, 0.1) is 29.8 Å². The molecule has 1 amide bonds. The maximum Gasteiger partial charge on any atom is 0.319 e. The first-order chi connectivity index (χ1) is 20.5. The summed E-state index contributed by atoms with van der Waals surface area (Å²) in [4.78, 5) is 26.8. The molecule has 2 aliphatic rings. The van der Waals surface area contributed by atoms with Gasteiger partial charge in [-0.05, 0) is 44.5 Å². The lowest BCUT2D eigenvalue weighted by atomic mass is 9.95. The molecule has 6 rings (SSSR count). The number of fused-ring (bicyclic) bond motifs is 2. The van der Waals surface area contributed by atoms with E-state index in [1.165, 1.54) is 6.08 Å². The maximum absolute atomic E-state index is 16.7. The number of alkyl halides is 2. The first-order valence-electron chi connectivity index (χ1n) is 14.0. The Labute approximate surface area is 251 Å². The summed E-state index contributed by atoms with van der Waals surface area (Å²) in [5, 5.41) is 8.32. The van der Waals surface area contributed by atoms with E-state index in [0.29, 0.717) is 35.2 Å². The Bertz CT molecular complexity index is 1730. The van der Waals surface area contributed by atoms with Crippen LogP contribution in [0.1, 0.15) is 19.4 Å². The molecular weight excluding hydrogens is 583 g/mol. The zero-order chi connectivity index (χ0) is 30.6. The number of hydrogen-bond donors (Lipinski definition) is 1. The largest absolute Gasteiger partial charge is 0.462 e. The van der Waals surface area contributed by atoms with E-state index in [-0.39, 0.29) is 66.3 Å². The molecule has 9 nitrogen and oxygen atoms in total. The van der Waals surface area contributed by atoms with Gasteiger partial charge >= 0.3 is 6.01 Å². The lowest BCUT2D eigenvalue weighted by molar-refractivity contribution is -0.132. The van der Waals surface area contributed by atoms with Crippen molar-refractivity contribution in [2.24, 2.45) is 0 Å². The van der Waals surface area contributed by atoms with E-state index in [9.17, 15) is 13.6 Å². The van der Waals surface area contributed by atoms with Crippen molar-refractivity contribution in [2.75, 3.05) is 44.2 Å². The second-order valence-electron chi connectivity index (χ2n) is 11.3. The first-order valence-corrected chi connectivity index (χ1v) is 14.4. The van der Waals surface area contributed by atoms with Crippen LogP contribution in [0.3, 0.4) is 0 Å². The molecule has 2 aliphatic heterocycles. The van der Waals surface area contributed by atoms with E-state index in [2.05, 4.69) is 21.8 Å². The summed E-state index contributed by atoms with van der Waals surface area (Å²) in [6, 6.07) is 4.91. The summed E-state index contributed by atoms with van der Waals surface area (Å²) in [7, 11) is 0. The number of rotatable bonds is 7. The number of aromatic nitrogens is 4. The van der Waals surface area contributed by atoms with Crippen LogP contribution in [-0.4, -0.2) is 93.2 Å². The minimum Gasteiger partial charge on any atom is -0.462 e. The van der Waals surface area contributed by atoms with Crippen LogP contribution in [0, 0.1) is 12.7 Å². The topological polar surface area (TPSA) is 90.5 Å². The summed E-state index contributed by atoms with van der Waals surface area (Å²) in [5.74, 6) is -3.10. The normalized spacial score (nSPS) is 20.4. The summed E-state index contributed by atoms with van der Waals surface area (Å²) >= 11 is 6.85. The van der Waals surface area contributed by atoms with E-state index in [0.717, 1.165) is 11.1 Å². The SMILES string of the molecule is C=CC(=O)N1C[C@@H](C)N(c2nc(OCCN3CC(F)(F)C3)nc3c(F)c(-c4c(C)ccc5[nH]ncc45)c(Cl)cc23)[C@@H](C)C1. The van der Waals surface area contributed by atoms with Gasteiger partial charge < -0.3 is 14.5 Å². The number of aromatic amines is 1. The number of anilines is 1. The van der Waals surface area contributed by atoms with Gasteiger partial charge in [0.15, 0.2) is 5.82 Å². The maximum atomic E-state index is 16.7. The van der Waals surface area contributed by atoms with E-state index >= 15 is 4.39 Å². The van der Waals surface area contributed by atoms with Crippen LogP contribution in [-0.2, 0) is 4.79 Å². The fraction of sp³-hybridized carbons (Fsp3) is 0.400. The van der Waals surface area contributed by atoms with Crippen molar-refractivity contribution >= 4 is 45.1 Å². The fourth-order valence-corrected chi connectivity index (χ4v) is 6.48. The minimum atomic E-state index is -2.69. The van der Waals surface area contributed by atoms with Crippen LogP contribution in [0.15, 0.2) is 37.1 Å². The van der Waals surface area contributed by atoms with Gasteiger partial charge in [0.2, 0.25) is 5.91 Å². The van der Waals surface area contributed by atoms with E-state index in [1.807, 2.05) is 37.8 Å². The molecule has 1 N–H and O–H groups in total. The van der Waals surface area contributed by atoms with Gasteiger partial charge in [0, 0.05) is 53.6 Å². The van der Waals surface area contributed by atoms with E-state index in [1.54, 1.807) is 22.1 Å². The van der Waals surface area contributed by atoms with Gasteiger partial charge in [0.25, 0.3) is 5.92 Å². The van der Waals surface area contributed by atoms with Gasteiger partial charge in [-0.25, -0.2) is 13.2 Å². The van der Waals surface area contributed by atoms with Crippen LogP contribution in [0.4, 0.5) is 19.0 Å². The van der Waals surface area contributed by atoms with Crippen molar-refractivity contribution in [1.29, 1.82) is 0 Å². The average Bonchev–Trinajstić information content (AvgIpc) is 3.42. The molecule has 2 aromatic carbocycles. The van der Waals surface area contributed by atoms with Crippen LogP contribution in [0.2, 0.25) is 5.02 Å². The van der Waals surface area contributed by atoms with Gasteiger partial charge in [-0.2, -0.15) is 15.1 Å². The molecule has 0 bridgehead atoms. The Morgan fingerprint density at radius 1 is 1.19 bits per heavy atom. The van der Waals surface area contributed by atoms with E-state index in [4.69, 9.17) is 21.3 Å². The number of hydrogen-bond acceptors (Lipinski definition) is 7. The highest BCUT2D eigenvalue weighted by molar-refractivity contribution is 6.35. The fourth-order valence-electron chi connectivity index (χ4n) is 6.19. The highest BCUT2D eigenvalue weighted by atomic mass is 35.5. The van der Waals surface area contributed by atoms with Crippen molar-refractivity contribution in [3.05, 3.63) is 53.5 Å². The molecule has 2 aromatic heterocycles. The third-order valence-electron chi connectivity index (χ3n) is 8.12. The Morgan fingerprint density at radius 3 is 2.58 bits per heavy atom. The zero-order valence-corrected chi connectivity index (χ0v) is 24.8. The third-order valence-corrected chi connectivity index (χ3v) is 8.42. The number of amides is 1. The lowest BCUT2D eigenvalue weighted by Crippen LogP contribution is -2.58. The standard InChI is InChI=1S/C30H31ClF3N7O2/c1-5-23(42)40-12-17(3)41(18(4)13-40)28-19-10-21(31)25(24-16(2)6-7-22-20(24)11-35-38-22)26(32)27(19)36-29(37-28)43-9-8-39-14-30(33,34)15-39/h5-7,10-11,17-18H,1,8-9,12-15H2,2-4H3,(H,35,38)/t17-,18+. The predicted octanol–water partition coefficient (Wildman–Crippen LogP) is 5.22. The number of ether oxygens (including phenoxy) is 1. The monoisotopic (exact) mass is 613 g/mol. The summed E-state index contributed by atoms with van der Waals surface area (Å²) in [6.45, 7) is 9.79. The number of benzene rings is 2. The second kappa shape index (κ2) is 11.0. The minimum absolute atomic E-state index is 0.0128. The first kappa shape index (κ1) is 29.2. The number of aryl methyl sites for hydroxylation is 1. The van der Waals surface area contributed by atoms with Crippen LogP contribution >= 0.6 is 11.6 Å². The Kier molecular flexibility index (Phi) is 7.45. The number of halogens is 4. The molecule has 4 heterocycles. The van der Waals surface area contributed by atoms with Crippen molar-refractivity contribution in [2.45, 2.75) is 38.8 Å². The van der Waals surface area contributed by atoms with Gasteiger partial charge in [-0.15, -0.1) is 0 Å². The van der Waals surface area contributed by atoms with Gasteiger partial charge in [-0.3, -0.25) is 14.8 Å². The summed E-state index contributed by atoms with van der Waals surface area (Å²) in [5.41, 5.74) is 2.32. The average molecular weight is 614 g/mol. The number of nitrogens with zero attached hydrogens (tertiary/aromatic N) is 6. The number of H-pyrrole nitrogens is 1. The van der Waals surface area contributed by atoms with E-state index < -0.39 is 11.7 Å². The molecular formula is C30H31ClF3N7O2. The molecule has 2 atom stereocenters. The molecule has 0 radical (unpaired) electrons. The Morgan fingerprint density at radius 2 is 1.91 bits per heavy atom. The number of nitrogens with one attached hydrogen (secondary N) is 1. The molecule has 226 valence electrons. The third kappa shape index (κ3) is 5.27. The van der Waals surface area contributed by atoms with Gasteiger partial charge in [0.1, 0.15) is 17.9 Å². The number of piperazine rings is 1. The Hall–Kier alpha value is -3.90. The molecule has 0 unspecified atom stereocenters. The molecule has 0 aliphatic carbocycles. The van der Waals surface area contributed by atoms with Gasteiger partial charge in [-0.1, -0.05) is 24.2 Å². The zero-order valence-electron chi connectivity index (χ0n) is 24.0. The van der Waals surface area contributed by atoms with Crippen LogP contribution in [0.25, 0.3) is 32.9 Å². The van der Waals surface area contributed by atoms with Crippen molar-refractivity contribution in [3.8, 4) is 17.1 Å². The van der Waals surface area contributed by atoms with Crippen molar-refractivity contribution in [1.82, 2.24) is 30.0 Å². The van der Waals surface area contributed by atoms with Crippen LogP contribution < -0.4 is 9.64 Å². The molecule has 0 spiro atoms. The van der Waals surface area contributed by atoms with Crippen LogP contribution in [0.5, 0.6) is 6.01 Å². The molecule has 4 aromatic rings. The number of carbonyl (C=O) groups excluding carboxylic acids is 1. The lowest BCUT2D eigenvalue weighted by Gasteiger charge is -2.45. The molecule has 0 saturated carbocycles. The second-order valence-corrected chi connectivity index (χ2v) is 11.7. The highest BCUT2D eigenvalue weighted by Crippen LogP contribution is 2.43. The molecule has 2 fully saturated rings. The molecule has 43 heavy (non-hydrogen) atoms. The predicted molar refractivity (Wildman–Crippen MR) is 159 cm³/mol.